The summed E-state index contributed by atoms with van der Waals surface area (Å²) in [5.41, 5.74) is 0.439. The van der Waals surface area contributed by atoms with Crippen molar-refractivity contribution in [2.45, 2.75) is 4.83 Å². The van der Waals surface area contributed by atoms with Gasteiger partial charge in [0.2, 0.25) is 0 Å². The molecule has 1 unspecified atom stereocenters. The van der Waals surface area contributed by atoms with Crippen molar-refractivity contribution < 1.29 is 13.5 Å². The highest BCUT2D eigenvalue weighted by Gasteiger charge is 2.21. The average Bonchev–Trinajstić information content (AvgIpc) is 2.36. The van der Waals surface area contributed by atoms with Crippen LogP contribution in [0.15, 0.2) is 30.3 Å². The third-order valence-corrected chi connectivity index (χ3v) is 4.14. The Bertz CT molecular complexity index is 606. The van der Waals surface area contributed by atoms with Gasteiger partial charge in [0.05, 0.1) is 11.9 Å². The SMILES string of the molecule is COc1cc(F)c(C(Br)c2cc(Cl)cc(Cl)c2)c(F)c1. The third-order valence-electron chi connectivity index (χ3n) is 2.72. The lowest BCUT2D eigenvalue weighted by Gasteiger charge is -2.14. The van der Waals surface area contributed by atoms with E-state index < -0.39 is 16.5 Å². The van der Waals surface area contributed by atoms with Crippen LogP contribution < -0.4 is 4.74 Å². The minimum Gasteiger partial charge on any atom is -0.497 e. The Morgan fingerprint density at radius 1 is 1.00 bits per heavy atom. The molecule has 0 aliphatic heterocycles. The van der Waals surface area contributed by atoms with Gasteiger partial charge in [-0.05, 0) is 23.8 Å². The van der Waals surface area contributed by atoms with Crippen molar-refractivity contribution in [3.05, 3.63) is 63.1 Å². The second-order valence-electron chi connectivity index (χ2n) is 4.07. The summed E-state index contributed by atoms with van der Waals surface area (Å²) in [4.78, 5) is -0.704. The van der Waals surface area contributed by atoms with Crippen LogP contribution in [0.2, 0.25) is 10.0 Å². The maximum atomic E-state index is 14.0. The Kier molecular flexibility index (Phi) is 4.89. The van der Waals surface area contributed by atoms with Gasteiger partial charge in [0.1, 0.15) is 17.4 Å². The summed E-state index contributed by atoms with van der Waals surface area (Å²) in [6.07, 6.45) is 0. The van der Waals surface area contributed by atoms with E-state index in [2.05, 4.69) is 15.9 Å². The summed E-state index contributed by atoms with van der Waals surface area (Å²) in [7, 11) is 1.34. The second-order valence-corrected chi connectivity index (χ2v) is 5.86. The van der Waals surface area contributed by atoms with Gasteiger partial charge in [-0.2, -0.15) is 0 Å². The summed E-state index contributed by atoms with van der Waals surface area (Å²) in [6, 6.07) is 6.98. The fourth-order valence-corrected chi connectivity index (χ4v) is 3.05. The summed E-state index contributed by atoms with van der Waals surface area (Å²) in [5.74, 6) is -1.30. The quantitative estimate of drug-likeness (QED) is 0.613. The molecule has 0 bridgehead atoms. The van der Waals surface area contributed by atoms with Crippen LogP contribution in [-0.4, -0.2) is 7.11 Å². The number of rotatable bonds is 3. The van der Waals surface area contributed by atoms with E-state index in [1.165, 1.54) is 7.11 Å². The largest absolute Gasteiger partial charge is 0.497 e. The lowest BCUT2D eigenvalue weighted by atomic mass is 10.0. The lowest BCUT2D eigenvalue weighted by Crippen LogP contribution is -2.02. The van der Waals surface area contributed by atoms with Crippen LogP contribution in [0.1, 0.15) is 16.0 Å². The van der Waals surface area contributed by atoms with E-state index in [4.69, 9.17) is 27.9 Å². The summed E-state index contributed by atoms with van der Waals surface area (Å²) >= 11 is 15.1. The predicted molar refractivity (Wildman–Crippen MR) is 80.1 cm³/mol. The van der Waals surface area contributed by atoms with E-state index in [1.54, 1.807) is 18.2 Å². The van der Waals surface area contributed by atoms with Crippen molar-refractivity contribution in [1.82, 2.24) is 0 Å². The topological polar surface area (TPSA) is 9.23 Å². The third kappa shape index (κ3) is 3.25. The zero-order valence-electron chi connectivity index (χ0n) is 10.3. The molecule has 0 saturated carbocycles. The molecule has 0 N–H and O–H groups in total. The molecule has 0 aliphatic rings. The van der Waals surface area contributed by atoms with Crippen LogP contribution >= 0.6 is 39.1 Å². The number of methoxy groups -OCH3 is 1. The number of alkyl halides is 1. The average molecular weight is 382 g/mol. The molecule has 1 atom stereocenters. The summed E-state index contributed by atoms with van der Waals surface area (Å²) in [5, 5.41) is 0.789. The molecule has 20 heavy (non-hydrogen) atoms. The molecule has 0 saturated heterocycles. The van der Waals surface area contributed by atoms with E-state index in [-0.39, 0.29) is 11.3 Å². The van der Waals surface area contributed by atoms with Crippen molar-refractivity contribution in [3.8, 4) is 5.75 Å². The lowest BCUT2D eigenvalue weighted by molar-refractivity contribution is 0.405. The second kappa shape index (κ2) is 6.29. The molecular weight excluding hydrogens is 373 g/mol. The molecule has 2 aromatic rings. The van der Waals surface area contributed by atoms with Crippen LogP contribution in [-0.2, 0) is 0 Å². The molecule has 0 amide bonds. The molecule has 0 heterocycles. The van der Waals surface area contributed by atoms with Gasteiger partial charge in [-0.3, -0.25) is 0 Å². The van der Waals surface area contributed by atoms with Gasteiger partial charge in [-0.15, -0.1) is 0 Å². The monoisotopic (exact) mass is 380 g/mol. The van der Waals surface area contributed by atoms with Gasteiger partial charge >= 0.3 is 0 Å². The van der Waals surface area contributed by atoms with Crippen molar-refractivity contribution in [3.63, 3.8) is 0 Å². The first-order chi connectivity index (χ1) is 9.42. The van der Waals surface area contributed by atoms with Crippen LogP contribution in [0.3, 0.4) is 0 Å². The molecule has 6 heteroatoms. The van der Waals surface area contributed by atoms with E-state index in [0.29, 0.717) is 15.6 Å². The highest BCUT2D eigenvalue weighted by Crippen LogP contribution is 2.37. The van der Waals surface area contributed by atoms with E-state index >= 15 is 0 Å². The van der Waals surface area contributed by atoms with Crippen LogP contribution in [0.25, 0.3) is 0 Å². The molecule has 2 aromatic carbocycles. The Hall–Kier alpha value is -0.840. The van der Waals surface area contributed by atoms with Gasteiger partial charge in [0.15, 0.2) is 0 Å². The first-order valence-corrected chi connectivity index (χ1v) is 7.22. The predicted octanol–water partition coefficient (Wildman–Crippen LogP) is 5.76. The molecule has 1 nitrogen and oxygen atoms in total. The molecular formula is C14H9BrCl2F2O. The first kappa shape index (κ1) is 15.5. The van der Waals surface area contributed by atoms with E-state index in [0.717, 1.165) is 12.1 Å². The Balaban J connectivity index is 2.50. The minimum atomic E-state index is -0.708. The highest BCUT2D eigenvalue weighted by atomic mass is 79.9. The number of halogens is 5. The minimum absolute atomic E-state index is 0.118. The van der Waals surface area contributed by atoms with Gasteiger partial charge in [-0.25, -0.2) is 8.78 Å². The summed E-state index contributed by atoms with van der Waals surface area (Å²) in [6.45, 7) is 0. The molecule has 0 fully saturated rings. The zero-order valence-corrected chi connectivity index (χ0v) is 13.4. The standard InChI is InChI=1S/C14H9BrCl2F2O/c1-20-10-5-11(18)13(12(19)6-10)14(15)7-2-8(16)4-9(17)3-7/h2-6,14H,1H3. The van der Waals surface area contributed by atoms with Crippen LogP contribution in [0.4, 0.5) is 8.78 Å². The molecule has 0 radical (unpaired) electrons. The van der Waals surface area contributed by atoms with Crippen molar-refractivity contribution in [2.24, 2.45) is 0 Å². The molecule has 0 aliphatic carbocycles. The van der Waals surface area contributed by atoms with Gasteiger partial charge < -0.3 is 4.74 Å². The first-order valence-electron chi connectivity index (χ1n) is 5.55. The maximum Gasteiger partial charge on any atom is 0.134 e. The highest BCUT2D eigenvalue weighted by molar-refractivity contribution is 9.09. The normalized spacial score (nSPS) is 12.3. The Morgan fingerprint density at radius 3 is 1.95 bits per heavy atom. The Labute approximate surface area is 133 Å². The van der Waals surface area contributed by atoms with Crippen molar-refractivity contribution in [1.29, 1.82) is 0 Å². The van der Waals surface area contributed by atoms with Gasteiger partial charge in [0, 0.05) is 27.7 Å². The van der Waals surface area contributed by atoms with Crippen molar-refractivity contribution in [2.75, 3.05) is 7.11 Å². The summed E-state index contributed by atoms with van der Waals surface area (Å²) < 4.78 is 32.9. The zero-order chi connectivity index (χ0) is 14.9. The number of ether oxygens (including phenoxy) is 1. The van der Waals surface area contributed by atoms with Crippen LogP contribution in [0.5, 0.6) is 5.75 Å². The fourth-order valence-electron chi connectivity index (χ4n) is 1.81. The van der Waals surface area contributed by atoms with Crippen molar-refractivity contribution >= 4 is 39.1 Å². The fraction of sp³-hybridized carbons (Fsp3) is 0.143. The smallest absolute Gasteiger partial charge is 0.134 e. The maximum absolute atomic E-state index is 14.0. The van der Waals surface area contributed by atoms with Gasteiger partial charge in [0.25, 0.3) is 0 Å². The number of benzene rings is 2. The Morgan fingerprint density at radius 2 is 1.50 bits per heavy atom. The number of hydrogen-bond acceptors (Lipinski definition) is 1. The van der Waals surface area contributed by atoms with E-state index in [9.17, 15) is 8.78 Å². The molecule has 0 spiro atoms. The van der Waals surface area contributed by atoms with Gasteiger partial charge in [-0.1, -0.05) is 39.1 Å². The van der Waals surface area contributed by atoms with E-state index in [1.807, 2.05) is 0 Å². The molecule has 0 aromatic heterocycles. The molecule has 106 valence electrons. The number of hydrogen-bond donors (Lipinski definition) is 0. The van der Waals surface area contributed by atoms with Crippen LogP contribution in [0, 0.1) is 11.6 Å². The molecule has 2 rings (SSSR count).